The quantitative estimate of drug-likeness (QED) is 0.323. The number of halogens is 1. The Hall–Kier alpha value is -3.73. The first-order chi connectivity index (χ1) is 13.7. The van der Waals surface area contributed by atoms with Crippen LogP contribution in [0.5, 0.6) is 11.5 Å². The van der Waals surface area contributed by atoms with Gasteiger partial charge in [-0.2, -0.15) is 9.67 Å². The van der Waals surface area contributed by atoms with E-state index in [9.17, 15) is 4.39 Å². The van der Waals surface area contributed by atoms with Gasteiger partial charge in [-0.25, -0.2) is 4.39 Å². The fourth-order valence-corrected chi connectivity index (χ4v) is 4.21. The van der Waals surface area contributed by atoms with Crippen LogP contribution in [0.2, 0.25) is 0 Å². The number of aromatic amines is 1. The lowest BCUT2D eigenvalue weighted by atomic mass is 9.95. The molecule has 4 nitrogen and oxygen atoms in total. The van der Waals surface area contributed by atoms with Crippen molar-refractivity contribution in [3.63, 3.8) is 0 Å². The molecular weight excluding hydrogens is 353 g/mol. The van der Waals surface area contributed by atoms with E-state index in [2.05, 4.69) is 39.0 Å². The van der Waals surface area contributed by atoms with Crippen LogP contribution in [0, 0.1) is 5.82 Å². The molecule has 1 aliphatic heterocycles. The topological polar surface area (TPSA) is 41.8 Å². The van der Waals surface area contributed by atoms with Crippen LogP contribution in [0.3, 0.4) is 0 Å². The smallest absolute Gasteiger partial charge is 0.228 e. The van der Waals surface area contributed by atoms with Crippen LogP contribution in [0.1, 0.15) is 0 Å². The average Bonchev–Trinajstić information content (AvgIpc) is 3.25. The highest BCUT2D eigenvalue weighted by Gasteiger charge is 2.30. The fourth-order valence-electron chi connectivity index (χ4n) is 4.21. The third-order valence-electron chi connectivity index (χ3n) is 5.50. The lowest BCUT2D eigenvalue weighted by Gasteiger charge is -2.20. The van der Waals surface area contributed by atoms with Crippen molar-refractivity contribution < 1.29 is 13.7 Å². The van der Waals surface area contributed by atoms with Crippen molar-refractivity contribution in [3.8, 4) is 33.9 Å². The van der Waals surface area contributed by atoms with Crippen LogP contribution in [-0.2, 0) is 7.05 Å². The number of nitrogens with one attached hydrogen (secondary N) is 1. The number of aromatic nitrogens is 3. The second-order valence-corrected chi connectivity index (χ2v) is 7.05. The van der Waals surface area contributed by atoms with E-state index in [0.717, 1.165) is 49.8 Å². The van der Waals surface area contributed by atoms with Gasteiger partial charge in [0, 0.05) is 23.2 Å². The minimum atomic E-state index is -0.276. The molecule has 0 spiro atoms. The lowest BCUT2D eigenvalue weighted by molar-refractivity contribution is -0.632. The molecule has 3 heterocycles. The average molecular weight is 368 g/mol. The third kappa shape index (κ3) is 1.98. The predicted molar refractivity (Wildman–Crippen MR) is 106 cm³/mol. The number of nitrogens with zero attached hydrogens (tertiary/aromatic N) is 2. The van der Waals surface area contributed by atoms with E-state index in [1.165, 1.54) is 6.07 Å². The number of hydrogen-bond acceptors (Lipinski definition) is 2. The summed E-state index contributed by atoms with van der Waals surface area (Å²) in [6.45, 7) is 0. The van der Waals surface area contributed by atoms with Gasteiger partial charge in [0.2, 0.25) is 11.2 Å². The molecule has 3 aromatic carbocycles. The van der Waals surface area contributed by atoms with Crippen molar-refractivity contribution in [1.82, 2.24) is 10.2 Å². The summed E-state index contributed by atoms with van der Waals surface area (Å²) in [7, 11) is 2.02. The number of H-pyrrole nitrogens is 1. The number of aryl methyl sites for hydroxylation is 1. The Morgan fingerprint density at radius 1 is 0.964 bits per heavy atom. The molecule has 6 rings (SSSR count). The molecule has 0 fully saturated rings. The van der Waals surface area contributed by atoms with Gasteiger partial charge in [0.15, 0.2) is 0 Å². The summed E-state index contributed by atoms with van der Waals surface area (Å²) in [6.07, 6.45) is 3.69. The minimum Gasteiger partial charge on any atom is -0.456 e. The SMILES string of the molecule is C[n+]1c2c3c(cccc3c3ccc(-c4cn[nH]c4)cc31)Oc1ccc(F)cc1-2. The Bertz CT molecular complexity index is 1410. The van der Waals surface area contributed by atoms with E-state index in [1.54, 1.807) is 12.1 Å². The second-order valence-electron chi connectivity index (χ2n) is 7.05. The Morgan fingerprint density at radius 3 is 2.75 bits per heavy atom. The van der Waals surface area contributed by atoms with Crippen LogP contribution in [0.25, 0.3) is 44.1 Å². The highest BCUT2D eigenvalue weighted by molar-refractivity contribution is 6.13. The molecule has 2 aromatic heterocycles. The molecule has 0 aliphatic carbocycles. The van der Waals surface area contributed by atoms with Gasteiger partial charge >= 0.3 is 0 Å². The van der Waals surface area contributed by atoms with E-state index in [1.807, 2.05) is 31.6 Å². The van der Waals surface area contributed by atoms with Gasteiger partial charge in [-0.1, -0.05) is 18.2 Å². The first-order valence-corrected chi connectivity index (χ1v) is 9.06. The van der Waals surface area contributed by atoms with Crippen molar-refractivity contribution in [2.75, 3.05) is 0 Å². The van der Waals surface area contributed by atoms with Crippen molar-refractivity contribution in [1.29, 1.82) is 0 Å². The van der Waals surface area contributed by atoms with Gasteiger partial charge in [0.1, 0.15) is 24.4 Å². The van der Waals surface area contributed by atoms with Crippen molar-refractivity contribution in [2.24, 2.45) is 7.05 Å². The van der Waals surface area contributed by atoms with Gasteiger partial charge in [0.25, 0.3) is 0 Å². The van der Waals surface area contributed by atoms with Gasteiger partial charge < -0.3 is 4.74 Å². The zero-order chi connectivity index (χ0) is 18.8. The molecule has 134 valence electrons. The first kappa shape index (κ1) is 15.3. The predicted octanol–water partition coefficient (Wildman–Crippen LogP) is 5.12. The highest BCUT2D eigenvalue weighted by atomic mass is 19.1. The van der Waals surface area contributed by atoms with Crippen molar-refractivity contribution in [2.45, 2.75) is 0 Å². The van der Waals surface area contributed by atoms with Gasteiger partial charge in [0.05, 0.1) is 22.5 Å². The standard InChI is InChI=1S/C23H14FN3O/c1-27-19-9-13(14-11-25-26-12-14)5-7-16(19)17-3-2-4-21-22(17)23(27)18-10-15(24)6-8-20(18)28-21/h2-12H,1H3/p+1. The molecule has 1 aliphatic rings. The molecule has 0 saturated carbocycles. The molecule has 0 bridgehead atoms. The van der Waals surface area contributed by atoms with E-state index in [4.69, 9.17) is 4.74 Å². The summed E-state index contributed by atoms with van der Waals surface area (Å²) in [6, 6.07) is 17.1. The fraction of sp³-hybridized carbons (Fsp3) is 0.0435. The van der Waals surface area contributed by atoms with Crippen molar-refractivity contribution >= 4 is 21.7 Å². The monoisotopic (exact) mass is 368 g/mol. The number of ether oxygens (including phenoxy) is 1. The van der Waals surface area contributed by atoms with Crippen LogP contribution in [-0.4, -0.2) is 10.2 Å². The normalized spacial score (nSPS) is 12.2. The molecule has 0 saturated heterocycles. The van der Waals surface area contributed by atoms with Crippen LogP contribution in [0.4, 0.5) is 4.39 Å². The van der Waals surface area contributed by atoms with E-state index >= 15 is 0 Å². The first-order valence-electron chi connectivity index (χ1n) is 9.06. The molecule has 1 N–H and O–H groups in total. The van der Waals surface area contributed by atoms with Crippen molar-refractivity contribution in [3.05, 3.63) is 72.8 Å². The number of benzene rings is 3. The lowest BCUT2D eigenvalue weighted by Crippen LogP contribution is -2.33. The molecule has 28 heavy (non-hydrogen) atoms. The Labute approximate surface area is 159 Å². The maximum absolute atomic E-state index is 14.1. The molecule has 5 heteroatoms. The summed E-state index contributed by atoms with van der Waals surface area (Å²) < 4.78 is 22.3. The molecule has 0 unspecified atom stereocenters. The maximum Gasteiger partial charge on any atom is 0.228 e. The number of rotatable bonds is 1. The second kappa shape index (κ2) is 5.39. The molecule has 0 radical (unpaired) electrons. The molecule has 5 aromatic rings. The minimum absolute atomic E-state index is 0.276. The molecule has 0 atom stereocenters. The zero-order valence-electron chi connectivity index (χ0n) is 15.0. The third-order valence-corrected chi connectivity index (χ3v) is 5.50. The zero-order valence-corrected chi connectivity index (χ0v) is 15.0. The number of fused-ring (bicyclic) bond motifs is 4. The van der Waals surface area contributed by atoms with Crippen LogP contribution in [0.15, 0.2) is 67.0 Å². The number of hydrogen-bond donors (Lipinski definition) is 1. The van der Waals surface area contributed by atoms with Crippen LogP contribution < -0.4 is 9.30 Å². The highest BCUT2D eigenvalue weighted by Crippen LogP contribution is 2.46. The molecule has 0 amide bonds. The van der Waals surface area contributed by atoms with E-state index < -0.39 is 0 Å². The van der Waals surface area contributed by atoms with Gasteiger partial charge in [-0.05, 0) is 35.9 Å². The summed E-state index contributed by atoms with van der Waals surface area (Å²) in [5, 5.41) is 10.1. The molecular formula is C23H15FN3O+. The summed E-state index contributed by atoms with van der Waals surface area (Å²) >= 11 is 0. The maximum atomic E-state index is 14.1. The summed E-state index contributed by atoms with van der Waals surface area (Å²) in [5.74, 6) is 1.19. The Kier molecular flexibility index (Phi) is 2.95. The van der Waals surface area contributed by atoms with E-state index in [0.29, 0.717) is 5.75 Å². The summed E-state index contributed by atoms with van der Waals surface area (Å²) in [4.78, 5) is 0. The Balaban J connectivity index is 1.79. The van der Waals surface area contributed by atoms with Gasteiger partial charge in [-0.3, -0.25) is 5.10 Å². The Morgan fingerprint density at radius 2 is 1.89 bits per heavy atom. The largest absolute Gasteiger partial charge is 0.456 e. The van der Waals surface area contributed by atoms with Gasteiger partial charge in [-0.15, -0.1) is 0 Å². The number of pyridine rings is 1. The summed E-state index contributed by atoms with van der Waals surface area (Å²) in [5.41, 5.74) is 4.89. The van der Waals surface area contributed by atoms with Crippen LogP contribution >= 0.6 is 0 Å². The van der Waals surface area contributed by atoms with E-state index in [-0.39, 0.29) is 5.82 Å².